The summed E-state index contributed by atoms with van der Waals surface area (Å²) in [5, 5.41) is 15.1. The van der Waals surface area contributed by atoms with E-state index in [-0.39, 0.29) is 48.5 Å². The van der Waals surface area contributed by atoms with Crippen LogP contribution in [0.1, 0.15) is 12.0 Å². The monoisotopic (exact) mass is 479 g/mol. The summed E-state index contributed by atoms with van der Waals surface area (Å²) < 4.78 is 57.8. The fourth-order valence-electron chi connectivity index (χ4n) is 4.01. The highest BCUT2D eigenvalue weighted by molar-refractivity contribution is 5.93. The van der Waals surface area contributed by atoms with Crippen molar-refractivity contribution in [2.45, 2.75) is 25.6 Å². The summed E-state index contributed by atoms with van der Waals surface area (Å²) in [5.41, 5.74) is 1.40. The SMILES string of the molecule is O=C(CCc1c(-c2ccc(F)cc2)[nH]c2c(F)cc(OC(F)F)cc12)NC[C@@H]1C(=O)NC[C@H]1O. The lowest BCUT2D eigenvalue weighted by Crippen LogP contribution is -2.36. The highest BCUT2D eigenvalue weighted by Crippen LogP contribution is 2.35. The molecule has 0 saturated carbocycles. The van der Waals surface area contributed by atoms with Crippen LogP contribution < -0.4 is 15.4 Å². The van der Waals surface area contributed by atoms with E-state index in [2.05, 4.69) is 20.4 Å². The number of aliphatic hydroxyl groups is 1. The fraction of sp³-hybridized carbons (Fsp3) is 0.304. The Balaban J connectivity index is 1.61. The van der Waals surface area contributed by atoms with Crippen molar-refractivity contribution in [3.8, 4) is 17.0 Å². The van der Waals surface area contributed by atoms with Crippen molar-refractivity contribution < 1.29 is 37.0 Å². The van der Waals surface area contributed by atoms with Gasteiger partial charge in [0.1, 0.15) is 11.6 Å². The lowest BCUT2D eigenvalue weighted by molar-refractivity contribution is -0.124. The summed E-state index contributed by atoms with van der Waals surface area (Å²) in [5.74, 6) is -3.21. The third-order valence-corrected chi connectivity index (χ3v) is 5.71. The average molecular weight is 479 g/mol. The van der Waals surface area contributed by atoms with E-state index in [0.717, 1.165) is 6.07 Å². The zero-order valence-corrected chi connectivity index (χ0v) is 17.7. The van der Waals surface area contributed by atoms with E-state index in [0.29, 0.717) is 16.8 Å². The normalized spacial score (nSPS) is 17.9. The van der Waals surface area contributed by atoms with Gasteiger partial charge in [0.2, 0.25) is 11.8 Å². The molecule has 11 heteroatoms. The molecular weight excluding hydrogens is 458 g/mol. The number of carbonyl (C=O) groups excluding carboxylic acids is 2. The molecule has 2 atom stereocenters. The Kier molecular flexibility index (Phi) is 6.73. The number of aryl methyl sites for hydroxylation is 1. The summed E-state index contributed by atoms with van der Waals surface area (Å²) in [6, 6.07) is 7.46. The number of fused-ring (bicyclic) bond motifs is 1. The molecule has 2 heterocycles. The van der Waals surface area contributed by atoms with Gasteiger partial charge in [0.15, 0.2) is 5.82 Å². The molecule has 34 heavy (non-hydrogen) atoms. The number of aliphatic hydroxyl groups excluding tert-OH is 1. The first-order valence-corrected chi connectivity index (χ1v) is 10.5. The van der Waals surface area contributed by atoms with Gasteiger partial charge in [-0.3, -0.25) is 9.59 Å². The number of aromatic nitrogens is 1. The highest BCUT2D eigenvalue weighted by Gasteiger charge is 2.33. The zero-order chi connectivity index (χ0) is 24.4. The molecule has 4 rings (SSSR count). The third-order valence-electron chi connectivity index (χ3n) is 5.71. The number of carbonyl (C=O) groups is 2. The van der Waals surface area contributed by atoms with Gasteiger partial charge in [-0.05, 0) is 47.9 Å². The largest absolute Gasteiger partial charge is 0.435 e. The van der Waals surface area contributed by atoms with Gasteiger partial charge in [-0.15, -0.1) is 0 Å². The minimum absolute atomic E-state index is 0.0297. The van der Waals surface area contributed by atoms with Crippen LogP contribution >= 0.6 is 0 Å². The second-order valence-electron chi connectivity index (χ2n) is 7.91. The van der Waals surface area contributed by atoms with E-state index in [1.807, 2.05) is 0 Å². The van der Waals surface area contributed by atoms with E-state index >= 15 is 0 Å². The number of hydrogen-bond acceptors (Lipinski definition) is 4. The molecule has 4 N–H and O–H groups in total. The number of alkyl halides is 2. The predicted molar refractivity (Wildman–Crippen MR) is 114 cm³/mol. The van der Waals surface area contributed by atoms with Crippen molar-refractivity contribution >= 4 is 22.7 Å². The molecule has 7 nitrogen and oxygen atoms in total. The standard InChI is InChI=1S/C23H21F4N3O4/c24-12-3-1-11(2-4-12)20-14(5-6-19(32)28-9-16-18(31)10-29-22(16)33)15-7-13(34-23(26)27)8-17(25)21(15)30-20/h1-4,7-8,16,18,23,30-31H,5-6,9-10H2,(H,28,32)(H,29,33)/t16-,18+/m0/s1. The fourth-order valence-corrected chi connectivity index (χ4v) is 4.01. The van der Waals surface area contributed by atoms with Crippen LogP contribution in [-0.4, -0.2) is 47.7 Å². The maximum absolute atomic E-state index is 14.7. The second kappa shape index (κ2) is 9.72. The summed E-state index contributed by atoms with van der Waals surface area (Å²) in [4.78, 5) is 27.0. The Morgan fingerprint density at radius 2 is 1.94 bits per heavy atom. The van der Waals surface area contributed by atoms with Crippen molar-refractivity contribution in [1.29, 1.82) is 0 Å². The summed E-state index contributed by atoms with van der Waals surface area (Å²) >= 11 is 0. The number of hydrogen-bond donors (Lipinski definition) is 4. The van der Waals surface area contributed by atoms with Gasteiger partial charge in [0.25, 0.3) is 0 Å². The number of nitrogens with one attached hydrogen (secondary N) is 3. The maximum Gasteiger partial charge on any atom is 0.387 e. The summed E-state index contributed by atoms with van der Waals surface area (Å²) in [6.45, 7) is -3.08. The molecule has 1 aromatic heterocycles. The van der Waals surface area contributed by atoms with Crippen molar-refractivity contribution in [2.24, 2.45) is 5.92 Å². The van der Waals surface area contributed by atoms with Crippen molar-refractivity contribution in [3.63, 3.8) is 0 Å². The number of amides is 2. The van der Waals surface area contributed by atoms with E-state index < -0.39 is 36.2 Å². The molecule has 180 valence electrons. The van der Waals surface area contributed by atoms with Gasteiger partial charge in [-0.2, -0.15) is 8.78 Å². The lowest BCUT2D eigenvalue weighted by Gasteiger charge is -2.13. The molecule has 2 aromatic carbocycles. The van der Waals surface area contributed by atoms with Crippen LogP contribution in [0, 0.1) is 17.6 Å². The maximum atomic E-state index is 14.7. The number of benzene rings is 2. The first kappa shape index (κ1) is 23.6. The Bertz CT molecular complexity index is 1210. The number of aromatic amines is 1. The highest BCUT2D eigenvalue weighted by atomic mass is 19.3. The Labute approximate surface area is 191 Å². The Hall–Kier alpha value is -3.60. The van der Waals surface area contributed by atoms with E-state index in [4.69, 9.17) is 0 Å². The first-order valence-electron chi connectivity index (χ1n) is 10.5. The predicted octanol–water partition coefficient (Wildman–Crippen LogP) is 2.87. The Morgan fingerprint density at radius 1 is 1.21 bits per heavy atom. The van der Waals surface area contributed by atoms with E-state index in [1.54, 1.807) is 0 Å². The van der Waals surface area contributed by atoms with Crippen molar-refractivity contribution in [1.82, 2.24) is 15.6 Å². The summed E-state index contributed by atoms with van der Waals surface area (Å²) in [6.07, 6.45) is -0.898. The van der Waals surface area contributed by atoms with Gasteiger partial charge in [0, 0.05) is 36.7 Å². The van der Waals surface area contributed by atoms with Gasteiger partial charge in [0.05, 0.1) is 17.5 Å². The molecule has 3 aromatic rings. The molecule has 0 unspecified atom stereocenters. The molecule has 0 radical (unpaired) electrons. The molecule has 2 amide bonds. The molecule has 1 saturated heterocycles. The van der Waals surface area contributed by atoms with Crippen LogP contribution in [0.15, 0.2) is 36.4 Å². The number of H-pyrrole nitrogens is 1. The van der Waals surface area contributed by atoms with Crippen molar-refractivity contribution in [3.05, 3.63) is 53.6 Å². The molecule has 1 aliphatic heterocycles. The minimum Gasteiger partial charge on any atom is -0.435 e. The van der Waals surface area contributed by atoms with Crippen molar-refractivity contribution in [2.75, 3.05) is 13.1 Å². The van der Waals surface area contributed by atoms with Gasteiger partial charge in [-0.1, -0.05) is 0 Å². The minimum atomic E-state index is -3.15. The number of ether oxygens (including phenoxy) is 1. The van der Waals surface area contributed by atoms with E-state index in [9.17, 15) is 32.3 Å². The smallest absolute Gasteiger partial charge is 0.387 e. The van der Waals surface area contributed by atoms with Crippen LogP contribution in [-0.2, 0) is 16.0 Å². The second-order valence-corrected chi connectivity index (χ2v) is 7.91. The third kappa shape index (κ3) is 4.98. The molecule has 0 spiro atoms. The van der Waals surface area contributed by atoms with Crippen LogP contribution in [0.3, 0.4) is 0 Å². The zero-order valence-electron chi connectivity index (χ0n) is 17.7. The van der Waals surface area contributed by atoms with Gasteiger partial charge >= 0.3 is 6.61 Å². The lowest BCUT2D eigenvalue weighted by atomic mass is 10.0. The molecule has 0 aliphatic carbocycles. The van der Waals surface area contributed by atoms with Crippen LogP contribution in [0.25, 0.3) is 22.2 Å². The van der Waals surface area contributed by atoms with Gasteiger partial charge in [-0.25, -0.2) is 8.78 Å². The summed E-state index contributed by atoms with van der Waals surface area (Å²) in [7, 11) is 0. The molecule has 1 fully saturated rings. The average Bonchev–Trinajstić information content (AvgIpc) is 3.30. The number of β-amino-alcohol motifs (C(OH)–C–C–N with tert-alkyl or cyclic N) is 1. The van der Waals surface area contributed by atoms with E-state index in [1.165, 1.54) is 30.3 Å². The molecular formula is C23H21F4N3O4. The van der Waals surface area contributed by atoms with Crippen LogP contribution in [0.4, 0.5) is 17.6 Å². The number of rotatable bonds is 8. The first-order chi connectivity index (χ1) is 16.2. The quantitative estimate of drug-likeness (QED) is 0.373. The number of halogens is 4. The topological polar surface area (TPSA) is 103 Å². The van der Waals surface area contributed by atoms with Gasteiger partial charge < -0.3 is 25.5 Å². The van der Waals surface area contributed by atoms with Crippen LogP contribution in [0.2, 0.25) is 0 Å². The Morgan fingerprint density at radius 3 is 2.59 bits per heavy atom. The molecule has 1 aliphatic rings. The molecule has 0 bridgehead atoms. The van der Waals surface area contributed by atoms with Crippen LogP contribution in [0.5, 0.6) is 5.75 Å².